The van der Waals surface area contributed by atoms with Gasteiger partial charge < -0.3 is 9.84 Å². The summed E-state index contributed by atoms with van der Waals surface area (Å²) in [5.41, 5.74) is 0. The van der Waals surface area contributed by atoms with Gasteiger partial charge in [-0.25, -0.2) is 0 Å². The van der Waals surface area contributed by atoms with E-state index < -0.39 is 0 Å². The van der Waals surface area contributed by atoms with Crippen LogP contribution in [0.1, 0.15) is 19.3 Å². The molecule has 1 N–H and O–H groups in total. The third-order valence-electron chi connectivity index (χ3n) is 1.98. The van der Waals surface area contributed by atoms with Gasteiger partial charge in [-0.1, -0.05) is 0 Å². The topological polar surface area (TPSA) is 32.8 Å². The van der Waals surface area contributed by atoms with Crippen LogP contribution in [0.5, 0.6) is 0 Å². The Bertz CT molecular complexity index is 103. The van der Waals surface area contributed by atoms with Crippen LogP contribution >= 0.6 is 0 Å². The van der Waals surface area contributed by atoms with Crippen molar-refractivity contribution in [3.05, 3.63) is 0 Å². The van der Waals surface area contributed by atoms with E-state index in [9.17, 15) is 0 Å². The highest BCUT2D eigenvalue weighted by atomic mass is 16.6. The Kier molecular flexibility index (Phi) is 0.866. The van der Waals surface area contributed by atoms with Gasteiger partial charge in [0.15, 0.2) is 0 Å². The maximum Gasteiger partial charge on any atom is 0.0866 e. The number of hydrogen-bond acceptors (Lipinski definition) is 2. The van der Waals surface area contributed by atoms with E-state index >= 15 is 0 Å². The van der Waals surface area contributed by atoms with Gasteiger partial charge in [0.2, 0.25) is 0 Å². The van der Waals surface area contributed by atoms with Gasteiger partial charge in [-0.05, 0) is 12.8 Å². The number of hydrogen-bond donors (Lipinski definition) is 1. The summed E-state index contributed by atoms with van der Waals surface area (Å²) in [6, 6.07) is 0. The van der Waals surface area contributed by atoms with Crippen molar-refractivity contribution in [3.8, 4) is 0 Å². The first-order valence-electron chi connectivity index (χ1n) is 3.20. The molecule has 1 heterocycles. The Morgan fingerprint density at radius 2 is 2.12 bits per heavy atom. The molecule has 3 atom stereocenters. The second-order valence-corrected chi connectivity index (χ2v) is 2.68. The van der Waals surface area contributed by atoms with Crippen LogP contribution < -0.4 is 0 Å². The van der Waals surface area contributed by atoms with E-state index in [2.05, 4.69) is 0 Å². The zero-order valence-electron chi connectivity index (χ0n) is 4.71. The molecule has 2 aliphatic rings. The maximum absolute atomic E-state index is 9.03. The van der Waals surface area contributed by atoms with E-state index in [1.807, 2.05) is 0 Å². The van der Waals surface area contributed by atoms with Crippen LogP contribution in [-0.4, -0.2) is 23.4 Å². The van der Waals surface area contributed by atoms with Crippen molar-refractivity contribution in [2.75, 3.05) is 0 Å². The summed E-state index contributed by atoms with van der Waals surface area (Å²) in [5.74, 6) is 0. The minimum atomic E-state index is -0.0706. The molecule has 0 aromatic heterocycles. The fraction of sp³-hybridized carbons (Fsp3) is 1.00. The second kappa shape index (κ2) is 1.45. The Labute approximate surface area is 48.5 Å². The third kappa shape index (κ3) is 0.644. The molecule has 0 aromatic rings. The first kappa shape index (κ1) is 4.77. The average Bonchev–Trinajstić information content (AvgIpc) is 2.43. The zero-order chi connectivity index (χ0) is 5.56. The molecule has 0 spiro atoms. The molecular weight excluding hydrogens is 104 g/mol. The molecule has 0 radical (unpaired) electrons. The lowest BCUT2D eigenvalue weighted by molar-refractivity contribution is 0.139. The van der Waals surface area contributed by atoms with Crippen LogP contribution in [0.3, 0.4) is 0 Å². The molecule has 1 aliphatic heterocycles. The summed E-state index contributed by atoms with van der Waals surface area (Å²) >= 11 is 0. The Hall–Kier alpha value is -0.0800. The number of fused-ring (bicyclic) bond motifs is 1. The molecule has 1 saturated carbocycles. The van der Waals surface area contributed by atoms with E-state index in [0.717, 1.165) is 19.3 Å². The Morgan fingerprint density at radius 1 is 1.25 bits per heavy atom. The van der Waals surface area contributed by atoms with Crippen LogP contribution in [0.15, 0.2) is 0 Å². The summed E-state index contributed by atoms with van der Waals surface area (Å²) in [7, 11) is 0. The predicted octanol–water partition coefficient (Wildman–Crippen LogP) is 0.299. The molecule has 2 nitrogen and oxygen atoms in total. The highest BCUT2D eigenvalue weighted by Gasteiger charge is 2.43. The summed E-state index contributed by atoms with van der Waals surface area (Å²) < 4.78 is 5.19. The van der Waals surface area contributed by atoms with Crippen LogP contribution in [-0.2, 0) is 4.74 Å². The number of aliphatic hydroxyl groups is 1. The van der Waals surface area contributed by atoms with Crippen LogP contribution in [0, 0.1) is 0 Å². The molecule has 2 heteroatoms. The molecule has 46 valence electrons. The molecule has 2 fully saturated rings. The van der Waals surface area contributed by atoms with Crippen molar-refractivity contribution in [2.24, 2.45) is 0 Å². The fourth-order valence-electron chi connectivity index (χ4n) is 1.38. The zero-order valence-corrected chi connectivity index (χ0v) is 4.71. The van der Waals surface area contributed by atoms with E-state index in [1.54, 1.807) is 0 Å². The first-order valence-corrected chi connectivity index (χ1v) is 3.20. The predicted molar refractivity (Wildman–Crippen MR) is 28.5 cm³/mol. The van der Waals surface area contributed by atoms with Crippen molar-refractivity contribution in [3.63, 3.8) is 0 Å². The largest absolute Gasteiger partial charge is 0.393 e. The second-order valence-electron chi connectivity index (χ2n) is 2.68. The monoisotopic (exact) mass is 114 g/mol. The molecule has 1 saturated heterocycles. The van der Waals surface area contributed by atoms with Crippen LogP contribution in [0.4, 0.5) is 0 Å². The third-order valence-corrected chi connectivity index (χ3v) is 1.98. The van der Waals surface area contributed by atoms with E-state index in [1.165, 1.54) is 0 Å². The van der Waals surface area contributed by atoms with Gasteiger partial charge in [0.25, 0.3) is 0 Å². The van der Waals surface area contributed by atoms with Gasteiger partial charge in [0.05, 0.1) is 18.3 Å². The summed E-state index contributed by atoms with van der Waals surface area (Å²) in [4.78, 5) is 0. The molecule has 8 heavy (non-hydrogen) atoms. The normalized spacial score (nSPS) is 52.9. The van der Waals surface area contributed by atoms with Gasteiger partial charge in [0.1, 0.15) is 0 Å². The summed E-state index contributed by atoms with van der Waals surface area (Å²) in [6.45, 7) is 0. The Balaban J connectivity index is 1.93. The van der Waals surface area contributed by atoms with E-state index in [-0.39, 0.29) is 6.10 Å². The molecule has 2 rings (SSSR count). The van der Waals surface area contributed by atoms with E-state index in [0.29, 0.717) is 12.2 Å². The number of epoxide rings is 1. The van der Waals surface area contributed by atoms with E-state index in [4.69, 9.17) is 9.84 Å². The molecule has 0 aromatic carbocycles. The SMILES string of the molecule is OC1CCC2O[C@@H]2C1. The summed E-state index contributed by atoms with van der Waals surface area (Å²) in [6.07, 6.45) is 3.79. The molecule has 0 bridgehead atoms. The molecular formula is C6H10O2. The minimum absolute atomic E-state index is 0.0706. The fourth-order valence-corrected chi connectivity index (χ4v) is 1.38. The van der Waals surface area contributed by atoms with Gasteiger partial charge in [-0.15, -0.1) is 0 Å². The van der Waals surface area contributed by atoms with Crippen molar-refractivity contribution < 1.29 is 9.84 Å². The van der Waals surface area contributed by atoms with Crippen LogP contribution in [0.2, 0.25) is 0 Å². The molecule has 0 amide bonds. The quantitative estimate of drug-likeness (QED) is 0.459. The minimum Gasteiger partial charge on any atom is -0.393 e. The van der Waals surface area contributed by atoms with Gasteiger partial charge in [0, 0.05) is 6.42 Å². The molecule has 1 aliphatic carbocycles. The van der Waals surface area contributed by atoms with Gasteiger partial charge in [-0.2, -0.15) is 0 Å². The average molecular weight is 114 g/mol. The Morgan fingerprint density at radius 3 is 2.75 bits per heavy atom. The maximum atomic E-state index is 9.03. The lowest BCUT2D eigenvalue weighted by Gasteiger charge is -2.10. The summed E-state index contributed by atoms with van der Waals surface area (Å²) in [5, 5.41) is 9.03. The van der Waals surface area contributed by atoms with Crippen molar-refractivity contribution >= 4 is 0 Å². The van der Waals surface area contributed by atoms with Gasteiger partial charge >= 0.3 is 0 Å². The number of rotatable bonds is 0. The van der Waals surface area contributed by atoms with Crippen molar-refractivity contribution in [1.29, 1.82) is 0 Å². The highest BCUT2D eigenvalue weighted by molar-refractivity contribution is 4.91. The van der Waals surface area contributed by atoms with Crippen molar-refractivity contribution in [2.45, 2.75) is 37.6 Å². The lowest BCUT2D eigenvalue weighted by atomic mass is 9.98. The lowest BCUT2D eigenvalue weighted by Crippen LogP contribution is -2.17. The van der Waals surface area contributed by atoms with Crippen molar-refractivity contribution in [1.82, 2.24) is 0 Å². The standard InChI is InChI=1S/C6H10O2/c7-4-1-2-5-6(3-4)8-5/h4-7H,1-3H2/t4?,5?,6-/m1/s1. The number of aliphatic hydroxyl groups excluding tert-OH is 1. The molecule has 2 unspecified atom stereocenters. The highest BCUT2D eigenvalue weighted by Crippen LogP contribution is 2.36. The van der Waals surface area contributed by atoms with Gasteiger partial charge in [-0.3, -0.25) is 0 Å². The number of ether oxygens (including phenoxy) is 1. The van der Waals surface area contributed by atoms with Crippen LogP contribution in [0.25, 0.3) is 0 Å². The first-order chi connectivity index (χ1) is 3.86. The smallest absolute Gasteiger partial charge is 0.0866 e.